The summed E-state index contributed by atoms with van der Waals surface area (Å²) in [5, 5.41) is 20.5. The molecule has 0 unspecified atom stereocenters. The maximum absolute atomic E-state index is 11.9. The van der Waals surface area contributed by atoms with Crippen LogP contribution in [0.25, 0.3) is 11.6 Å². The van der Waals surface area contributed by atoms with Crippen molar-refractivity contribution >= 4 is 53.1 Å². The van der Waals surface area contributed by atoms with Gasteiger partial charge in [-0.15, -0.1) is 11.3 Å². The maximum Gasteiger partial charge on any atom is 0.327 e. The van der Waals surface area contributed by atoms with Crippen molar-refractivity contribution < 1.29 is 15.0 Å². The molecule has 0 saturated carbocycles. The van der Waals surface area contributed by atoms with E-state index in [-0.39, 0.29) is 12.3 Å². The second kappa shape index (κ2) is 7.53. The highest BCUT2D eigenvalue weighted by Crippen LogP contribution is 2.37. The van der Waals surface area contributed by atoms with E-state index in [0.717, 1.165) is 22.4 Å². The van der Waals surface area contributed by atoms with Crippen LogP contribution in [0.15, 0.2) is 59.6 Å². The second-order valence-electron chi connectivity index (χ2n) is 6.34. The number of para-hydroxylation sites is 1. The number of carbonyl (C=O) groups is 1. The lowest BCUT2D eigenvalue weighted by Crippen LogP contribution is -2.21. The molecule has 7 heteroatoms. The molecule has 2 N–H and O–H groups in total. The van der Waals surface area contributed by atoms with Crippen molar-refractivity contribution in [2.45, 2.75) is 12.5 Å². The zero-order valence-corrected chi connectivity index (χ0v) is 16.3. The lowest BCUT2D eigenvalue weighted by molar-refractivity contribution is -0.141. The van der Waals surface area contributed by atoms with Crippen LogP contribution in [0.2, 0.25) is 0 Å². The first kappa shape index (κ1) is 18.3. The normalized spacial score (nSPS) is 14.9. The third-order valence-electron chi connectivity index (χ3n) is 4.56. The largest absolute Gasteiger partial charge is 0.493 e. The quantitative estimate of drug-likeness (QED) is 0.575. The van der Waals surface area contributed by atoms with Crippen LogP contribution in [0.4, 0.5) is 5.69 Å². The average molecular weight is 409 g/mol. The lowest BCUT2D eigenvalue weighted by Gasteiger charge is -2.15. The number of aromatic nitrogens is 1. The minimum atomic E-state index is -1.04. The molecule has 5 nitrogen and oxygen atoms in total. The Kier molecular flexibility index (Phi) is 4.93. The number of hydrogen-bond donors (Lipinski definition) is 2. The van der Waals surface area contributed by atoms with Crippen molar-refractivity contribution in [3.05, 3.63) is 74.6 Å². The topological polar surface area (TPSA) is 74.8 Å². The molecule has 0 radical (unpaired) electrons. The van der Waals surface area contributed by atoms with Crippen LogP contribution in [0.1, 0.15) is 22.0 Å². The maximum atomic E-state index is 11.9. The van der Waals surface area contributed by atoms with Crippen molar-refractivity contribution in [3.63, 3.8) is 0 Å². The Hall–Kier alpha value is -3.03. The van der Waals surface area contributed by atoms with Crippen molar-refractivity contribution in [1.82, 2.24) is 4.57 Å². The number of aliphatic imine (C=N–C) groups is 1. The Balaban J connectivity index is 1.73. The van der Waals surface area contributed by atoms with E-state index in [1.54, 1.807) is 12.3 Å². The molecule has 0 amide bonds. The molecular formula is C21H16N2O3S2. The lowest BCUT2D eigenvalue weighted by atomic mass is 10.1. The molecule has 140 valence electrons. The van der Waals surface area contributed by atoms with Gasteiger partial charge in [0.1, 0.15) is 6.04 Å². The van der Waals surface area contributed by atoms with Crippen LogP contribution >= 0.6 is 23.6 Å². The van der Waals surface area contributed by atoms with Crippen molar-refractivity contribution in [2.24, 2.45) is 4.99 Å². The van der Waals surface area contributed by atoms with Gasteiger partial charge in [-0.3, -0.25) is 9.56 Å². The molecule has 0 aliphatic carbocycles. The van der Waals surface area contributed by atoms with Crippen LogP contribution in [0.5, 0.6) is 5.88 Å². The molecule has 4 rings (SSSR count). The number of carboxylic acids is 1. The molecular weight excluding hydrogens is 392 g/mol. The molecule has 0 fully saturated rings. The summed E-state index contributed by atoms with van der Waals surface area (Å²) < 4.78 is 1.63. The zero-order valence-electron chi connectivity index (χ0n) is 14.6. The molecule has 3 aromatic rings. The molecule has 0 spiro atoms. The van der Waals surface area contributed by atoms with Crippen LogP contribution in [-0.4, -0.2) is 27.0 Å². The minimum Gasteiger partial charge on any atom is -0.493 e. The molecule has 1 aliphatic rings. The third kappa shape index (κ3) is 3.42. The number of aliphatic carboxylic acids is 1. The highest BCUT2D eigenvalue weighted by molar-refractivity contribution is 7.73. The fourth-order valence-corrected chi connectivity index (χ4v) is 4.54. The molecule has 0 bridgehead atoms. The number of nitrogens with zero attached hydrogens (tertiary/aromatic N) is 2. The number of thiazole rings is 1. The fourth-order valence-electron chi connectivity index (χ4n) is 3.18. The smallest absolute Gasteiger partial charge is 0.327 e. The molecule has 1 aromatic heterocycles. The average Bonchev–Trinajstić information content (AvgIpc) is 3.22. The molecule has 1 atom stereocenters. The monoisotopic (exact) mass is 408 g/mol. The van der Waals surface area contributed by atoms with Gasteiger partial charge in [-0.1, -0.05) is 48.5 Å². The van der Waals surface area contributed by atoms with E-state index in [9.17, 15) is 15.0 Å². The highest BCUT2D eigenvalue weighted by atomic mass is 32.1. The third-order valence-corrected chi connectivity index (χ3v) is 5.89. The van der Waals surface area contributed by atoms with E-state index in [2.05, 4.69) is 4.99 Å². The van der Waals surface area contributed by atoms with Crippen LogP contribution < -0.4 is 0 Å². The van der Waals surface area contributed by atoms with Gasteiger partial charge in [-0.25, -0.2) is 4.79 Å². The van der Waals surface area contributed by atoms with Gasteiger partial charge >= 0.3 is 5.97 Å². The van der Waals surface area contributed by atoms with E-state index in [1.807, 2.05) is 54.6 Å². The standard InChI is InChI=1S/C21H16N2O3S2/c24-19-18(11-14-12-22-16-9-5-4-8-15(14)16)28-21(27)23(19)17(20(25)26)10-13-6-2-1-3-7-13/h1-9,11-12,17,24H,10H2,(H,25,26)/b14-11+/t17-/m0/s1. The number of carboxylic acid groups (broad SMARTS) is 1. The van der Waals surface area contributed by atoms with Crippen LogP contribution in [0, 0.1) is 3.95 Å². The fraction of sp³-hybridized carbons (Fsp3) is 0.0952. The van der Waals surface area contributed by atoms with Gasteiger partial charge in [0.25, 0.3) is 0 Å². The number of allylic oxidation sites excluding steroid dienone is 1. The Morgan fingerprint density at radius 1 is 1.18 bits per heavy atom. The molecule has 28 heavy (non-hydrogen) atoms. The number of benzene rings is 2. The van der Waals surface area contributed by atoms with Gasteiger partial charge in [0.15, 0.2) is 3.95 Å². The van der Waals surface area contributed by atoms with Crippen LogP contribution in [-0.2, 0) is 11.2 Å². The van der Waals surface area contributed by atoms with E-state index in [1.165, 1.54) is 15.9 Å². The first-order valence-corrected chi connectivity index (χ1v) is 9.83. The molecule has 2 heterocycles. The van der Waals surface area contributed by atoms with Gasteiger partial charge in [0.05, 0.1) is 10.6 Å². The summed E-state index contributed by atoms with van der Waals surface area (Å²) in [5.41, 5.74) is 3.54. The van der Waals surface area contributed by atoms with E-state index in [4.69, 9.17) is 12.2 Å². The number of rotatable bonds is 5. The first-order valence-electron chi connectivity index (χ1n) is 8.61. The summed E-state index contributed by atoms with van der Waals surface area (Å²) in [6, 6.07) is 16.0. The summed E-state index contributed by atoms with van der Waals surface area (Å²) >= 11 is 6.57. The van der Waals surface area contributed by atoms with Gasteiger partial charge in [-0.05, 0) is 29.9 Å². The molecule has 2 aromatic carbocycles. The van der Waals surface area contributed by atoms with Crippen molar-refractivity contribution in [2.75, 3.05) is 0 Å². The Bertz CT molecular complexity index is 1160. The Labute approximate surface area is 170 Å². The number of fused-ring (bicyclic) bond motifs is 1. The minimum absolute atomic E-state index is 0.136. The zero-order chi connectivity index (χ0) is 19.7. The Morgan fingerprint density at radius 3 is 2.64 bits per heavy atom. The second-order valence-corrected chi connectivity index (χ2v) is 8.02. The van der Waals surface area contributed by atoms with E-state index >= 15 is 0 Å². The predicted octanol–water partition coefficient (Wildman–Crippen LogP) is 5.11. The Morgan fingerprint density at radius 2 is 1.89 bits per heavy atom. The van der Waals surface area contributed by atoms with E-state index in [0.29, 0.717) is 8.83 Å². The van der Waals surface area contributed by atoms with Gasteiger partial charge < -0.3 is 10.2 Å². The predicted molar refractivity (Wildman–Crippen MR) is 114 cm³/mol. The summed E-state index contributed by atoms with van der Waals surface area (Å²) in [6.45, 7) is 0. The summed E-state index contributed by atoms with van der Waals surface area (Å²) in [6.07, 6.45) is 3.76. The summed E-state index contributed by atoms with van der Waals surface area (Å²) in [5.74, 6) is -1.18. The van der Waals surface area contributed by atoms with E-state index < -0.39 is 12.0 Å². The summed E-state index contributed by atoms with van der Waals surface area (Å²) in [7, 11) is 0. The summed E-state index contributed by atoms with van der Waals surface area (Å²) in [4.78, 5) is 16.8. The van der Waals surface area contributed by atoms with Gasteiger partial charge in [-0.2, -0.15) is 0 Å². The first-order chi connectivity index (χ1) is 13.5. The van der Waals surface area contributed by atoms with Gasteiger partial charge in [0, 0.05) is 23.8 Å². The van der Waals surface area contributed by atoms with Crippen LogP contribution in [0.3, 0.4) is 0 Å². The molecule has 1 aliphatic heterocycles. The highest BCUT2D eigenvalue weighted by Gasteiger charge is 2.26. The van der Waals surface area contributed by atoms with Crippen molar-refractivity contribution in [1.29, 1.82) is 0 Å². The SMILES string of the molecule is O=C(O)[C@H](Cc1ccccc1)n1c(O)c(/C=C2\C=Nc3ccccc32)sc1=S. The number of aromatic hydroxyl groups is 1. The number of hydrogen-bond acceptors (Lipinski definition) is 5. The van der Waals surface area contributed by atoms with Crippen molar-refractivity contribution in [3.8, 4) is 5.88 Å². The molecule has 0 saturated heterocycles. The van der Waals surface area contributed by atoms with Gasteiger partial charge in [0.2, 0.25) is 5.88 Å².